The third kappa shape index (κ3) is 3.26. The lowest BCUT2D eigenvalue weighted by atomic mass is 10.0. The van der Waals surface area contributed by atoms with Crippen LogP contribution in [-0.4, -0.2) is 15.5 Å². The Kier molecular flexibility index (Phi) is 4.08. The molecule has 1 amide bonds. The molecule has 0 radical (unpaired) electrons. The van der Waals surface area contributed by atoms with Crippen LogP contribution < -0.4 is 5.32 Å². The summed E-state index contributed by atoms with van der Waals surface area (Å²) in [7, 11) is 1.76. The highest BCUT2D eigenvalue weighted by atomic mass is 19.4. The third-order valence-electron chi connectivity index (χ3n) is 3.77. The zero-order chi connectivity index (χ0) is 18.2. The molecule has 0 saturated carbocycles. The number of rotatable bonds is 3. The quantitative estimate of drug-likeness (QED) is 0.716. The molecular formula is C18H14F3N3O. The van der Waals surface area contributed by atoms with Crippen LogP contribution in [0.25, 0.3) is 22.2 Å². The van der Waals surface area contributed by atoms with Crippen molar-refractivity contribution in [3.05, 3.63) is 60.9 Å². The molecule has 0 spiro atoms. The predicted molar refractivity (Wildman–Crippen MR) is 90.0 cm³/mol. The van der Waals surface area contributed by atoms with E-state index in [0.717, 1.165) is 18.2 Å². The summed E-state index contributed by atoms with van der Waals surface area (Å²) in [6, 6.07) is 6.79. The summed E-state index contributed by atoms with van der Waals surface area (Å²) >= 11 is 0. The van der Waals surface area contributed by atoms with Crippen LogP contribution in [0.4, 0.5) is 18.9 Å². The lowest BCUT2D eigenvalue weighted by Gasteiger charge is -2.08. The molecule has 2 aromatic heterocycles. The van der Waals surface area contributed by atoms with Crippen molar-refractivity contribution in [2.45, 2.75) is 6.18 Å². The average molecular weight is 345 g/mol. The minimum atomic E-state index is -4.41. The lowest BCUT2D eigenvalue weighted by Crippen LogP contribution is -2.07. The molecular weight excluding hydrogens is 331 g/mol. The lowest BCUT2D eigenvalue weighted by molar-refractivity contribution is -0.137. The standard InChI is InChI=1S/C18H14F3N3O/c1-3-16(25)23-13-8-14-15(10-24(2)17(14)22-9-13)11-5-4-6-12(7-11)18(19,20)21/h3-10H,1H2,2H3,(H,23,25). The van der Waals surface area contributed by atoms with E-state index in [1.165, 1.54) is 12.3 Å². The van der Waals surface area contributed by atoms with Gasteiger partial charge in [-0.2, -0.15) is 13.2 Å². The van der Waals surface area contributed by atoms with Crippen LogP contribution in [0.1, 0.15) is 5.56 Å². The van der Waals surface area contributed by atoms with Crippen LogP contribution in [0.2, 0.25) is 0 Å². The Hall–Kier alpha value is -3.09. The first kappa shape index (κ1) is 16.8. The molecule has 7 heteroatoms. The molecule has 0 fully saturated rings. The number of aromatic nitrogens is 2. The van der Waals surface area contributed by atoms with Gasteiger partial charge in [-0.1, -0.05) is 18.7 Å². The monoisotopic (exact) mass is 345 g/mol. The maximum atomic E-state index is 13.0. The van der Waals surface area contributed by atoms with E-state index >= 15 is 0 Å². The van der Waals surface area contributed by atoms with Crippen LogP contribution in [0.5, 0.6) is 0 Å². The van der Waals surface area contributed by atoms with Gasteiger partial charge in [-0.3, -0.25) is 4.79 Å². The summed E-state index contributed by atoms with van der Waals surface area (Å²) in [5.74, 6) is -0.391. The van der Waals surface area contributed by atoms with Crippen molar-refractivity contribution in [3.8, 4) is 11.1 Å². The summed E-state index contributed by atoms with van der Waals surface area (Å²) < 4.78 is 40.7. The van der Waals surface area contributed by atoms with Crippen molar-refractivity contribution in [2.75, 3.05) is 5.32 Å². The van der Waals surface area contributed by atoms with Crippen molar-refractivity contribution in [1.82, 2.24) is 9.55 Å². The van der Waals surface area contributed by atoms with Gasteiger partial charge in [0.05, 0.1) is 17.4 Å². The Balaban J connectivity index is 2.14. The number of hydrogen-bond acceptors (Lipinski definition) is 2. The second-order valence-corrected chi connectivity index (χ2v) is 5.52. The Bertz CT molecular complexity index is 973. The summed E-state index contributed by atoms with van der Waals surface area (Å²) in [6.07, 6.45) is -0.0866. The number of fused-ring (bicyclic) bond motifs is 1. The third-order valence-corrected chi connectivity index (χ3v) is 3.77. The normalized spacial score (nSPS) is 11.5. The van der Waals surface area contributed by atoms with Gasteiger partial charge in [-0.15, -0.1) is 0 Å². The molecule has 0 unspecified atom stereocenters. The molecule has 25 heavy (non-hydrogen) atoms. The highest BCUT2D eigenvalue weighted by molar-refractivity contribution is 6.01. The van der Waals surface area contributed by atoms with Gasteiger partial charge in [0.1, 0.15) is 5.65 Å². The molecule has 0 bridgehead atoms. The molecule has 0 aliphatic rings. The summed E-state index contributed by atoms with van der Waals surface area (Å²) in [5, 5.41) is 3.24. The van der Waals surface area contributed by atoms with E-state index < -0.39 is 17.6 Å². The zero-order valence-corrected chi connectivity index (χ0v) is 13.3. The van der Waals surface area contributed by atoms with Gasteiger partial charge in [0, 0.05) is 24.2 Å². The Labute approximate surface area is 141 Å². The molecule has 128 valence electrons. The first-order chi connectivity index (χ1) is 11.8. The highest BCUT2D eigenvalue weighted by Crippen LogP contribution is 2.35. The fraction of sp³-hybridized carbons (Fsp3) is 0.111. The molecule has 0 atom stereocenters. The molecule has 0 aliphatic heterocycles. The summed E-state index contributed by atoms with van der Waals surface area (Å²) in [5.41, 5.74) is 1.35. The topological polar surface area (TPSA) is 46.9 Å². The number of hydrogen-bond donors (Lipinski definition) is 1. The van der Waals surface area contributed by atoms with Crippen molar-refractivity contribution < 1.29 is 18.0 Å². The van der Waals surface area contributed by atoms with Gasteiger partial charge in [0.2, 0.25) is 5.91 Å². The fourth-order valence-electron chi connectivity index (χ4n) is 2.62. The van der Waals surface area contributed by atoms with Gasteiger partial charge in [0.15, 0.2) is 0 Å². The van der Waals surface area contributed by atoms with Crippen LogP contribution in [-0.2, 0) is 18.0 Å². The van der Waals surface area contributed by atoms with E-state index in [1.807, 2.05) is 0 Å². The van der Waals surface area contributed by atoms with Crippen LogP contribution >= 0.6 is 0 Å². The number of carbonyl (C=O) groups excluding carboxylic acids is 1. The molecule has 0 saturated heterocycles. The zero-order valence-electron chi connectivity index (χ0n) is 13.3. The second kappa shape index (κ2) is 6.08. The van der Waals surface area contributed by atoms with E-state index in [9.17, 15) is 18.0 Å². The minimum absolute atomic E-state index is 0.391. The van der Waals surface area contributed by atoms with E-state index in [2.05, 4.69) is 16.9 Å². The first-order valence-corrected chi connectivity index (χ1v) is 7.35. The maximum Gasteiger partial charge on any atom is 0.416 e. The van der Waals surface area contributed by atoms with Crippen LogP contribution in [0.15, 0.2) is 55.4 Å². The second-order valence-electron chi connectivity index (χ2n) is 5.52. The highest BCUT2D eigenvalue weighted by Gasteiger charge is 2.30. The number of halogens is 3. The molecule has 3 rings (SSSR count). The van der Waals surface area contributed by atoms with E-state index in [-0.39, 0.29) is 0 Å². The number of amides is 1. The van der Waals surface area contributed by atoms with Gasteiger partial charge in [0.25, 0.3) is 0 Å². The molecule has 2 heterocycles. The number of carbonyl (C=O) groups is 1. The van der Waals surface area contributed by atoms with Crippen LogP contribution in [0.3, 0.4) is 0 Å². The number of benzene rings is 1. The molecule has 1 aromatic carbocycles. The summed E-state index contributed by atoms with van der Waals surface area (Å²) in [6.45, 7) is 3.38. The number of anilines is 1. The fourth-order valence-corrected chi connectivity index (χ4v) is 2.62. The van der Waals surface area contributed by atoms with Crippen molar-refractivity contribution in [2.24, 2.45) is 7.05 Å². The number of aryl methyl sites for hydroxylation is 1. The molecule has 0 aliphatic carbocycles. The summed E-state index contributed by atoms with van der Waals surface area (Å²) in [4.78, 5) is 15.7. The Morgan fingerprint density at radius 2 is 2.08 bits per heavy atom. The van der Waals surface area contributed by atoms with Crippen molar-refractivity contribution in [3.63, 3.8) is 0 Å². The van der Waals surface area contributed by atoms with Gasteiger partial charge >= 0.3 is 6.18 Å². The number of pyridine rings is 1. The van der Waals surface area contributed by atoms with Crippen molar-refractivity contribution in [1.29, 1.82) is 0 Å². The predicted octanol–water partition coefficient (Wildman–Crippen LogP) is 4.38. The smallest absolute Gasteiger partial charge is 0.335 e. The van der Waals surface area contributed by atoms with Crippen molar-refractivity contribution >= 4 is 22.6 Å². The largest absolute Gasteiger partial charge is 0.416 e. The SMILES string of the molecule is C=CC(=O)Nc1cnc2c(c1)c(-c1cccc(C(F)(F)F)c1)cn2C. The Morgan fingerprint density at radius 3 is 2.76 bits per heavy atom. The average Bonchev–Trinajstić information content (AvgIpc) is 2.90. The maximum absolute atomic E-state index is 13.0. The van der Waals surface area contributed by atoms with Gasteiger partial charge in [-0.25, -0.2) is 4.98 Å². The molecule has 4 nitrogen and oxygen atoms in total. The number of nitrogens with zero attached hydrogens (tertiary/aromatic N) is 2. The van der Waals surface area contributed by atoms with Gasteiger partial charge in [-0.05, 0) is 29.8 Å². The van der Waals surface area contributed by atoms with Gasteiger partial charge < -0.3 is 9.88 Å². The first-order valence-electron chi connectivity index (χ1n) is 7.35. The molecule has 1 N–H and O–H groups in total. The van der Waals surface area contributed by atoms with Crippen LogP contribution in [0, 0.1) is 0 Å². The van der Waals surface area contributed by atoms with E-state index in [4.69, 9.17) is 0 Å². The molecule has 3 aromatic rings. The minimum Gasteiger partial charge on any atom is -0.335 e. The number of nitrogens with one attached hydrogen (secondary N) is 1. The number of alkyl halides is 3. The van der Waals surface area contributed by atoms with E-state index in [0.29, 0.717) is 27.8 Å². The Morgan fingerprint density at radius 1 is 1.32 bits per heavy atom. The van der Waals surface area contributed by atoms with E-state index in [1.54, 1.807) is 29.9 Å².